The van der Waals surface area contributed by atoms with Gasteiger partial charge in [-0.05, 0) is 36.4 Å². The minimum absolute atomic E-state index is 0.262. The molecule has 2 N–H and O–H groups in total. The molecule has 0 aliphatic carbocycles. The maximum absolute atomic E-state index is 12.2. The molecule has 0 saturated heterocycles. The lowest BCUT2D eigenvalue weighted by molar-refractivity contribution is 0.102. The third-order valence-electron chi connectivity index (χ3n) is 3.71. The smallest absolute Gasteiger partial charge is 0.274 e. The zero-order chi connectivity index (χ0) is 18.4. The van der Waals surface area contributed by atoms with E-state index in [1.165, 1.54) is 0 Å². The molecule has 6 nitrogen and oxygen atoms in total. The lowest BCUT2D eigenvalue weighted by Gasteiger charge is -2.12. The molecule has 3 aromatic rings. The van der Waals surface area contributed by atoms with Crippen molar-refractivity contribution < 1.29 is 14.3 Å². The summed E-state index contributed by atoms with van der Waals surface area (Å²) in [5, 5.41) is 6.02. The molecule has 0 atom stereocenters. The van der Waals surface area contributed by atoms with E-state index in [-0.39, 0.29) is 5.91 Å². The molecule has 6 heteroatoms. The third kappa shape index (κ3) is 4.10. The summed E-state index contributed by atoms with van der Waals surface area (Å²) < 4.78 is 10.6. The van der Waals surface area contributed by atoms with Crippen molar-refractivity contribution in [2.45, 2.75) is 0 Å². The summed E-state index contributed by atoms with van der Waals surface area (Å²) >= 11 is 0. The van der Waals surface area contributed by atoms with Crippen LogP contribution in [0.3, 0.4) is 0 Å². The molecule has 0 radical (unpaired) electrons. The van der Waals surface area contributed by atoms with Crippen LogP contribution in [0.2, 0.25) is 0 Å². The number of benzene rings is 2. The Kier molecular flexibility index (Phi) is 5.34. The lowest BCUT2D eigenvalue weighted by atomic mass is 10.2. The largest absolute Gasteiger partial charge is 0.497 e. The fourth-order valence-electron chi connectivity index (χ4n) is 2.39. The van der Waals surface area contributed by atoms with Crippen molar-refractivity contribution in [3.05, 3.63) is 72.6 Å². The predicted molar refractivity (Wildman–Crippen MR) is 101 cm³/mol. The Hall–Kier alpha value is -3.54. The van der Waals surface area contributed by atoms with E-state index in [1.54, 1.807) is 32.5 Å². The first-order valence-corrected chi connectivity index (χ1v) is 8.01. The van der Waals surface area contributed by atoms with Crippen molar-refractivity contribution in [1.29, 1.82) is 0 Å². The number of carbonyl (C=O) groups is 1. The van der Waals surface area contributed by atoms with Gasteiger partial charge in [-0.15, -0.1) is 0 Å². The molecule has 0 spiro atoms. The molecule has 1 heterocycles. The molecule has 26 heavy (non-hydrogen) atoms. The number of carbonyl (C=O) groups excluding carboxylic acids is 1. The fourth-order valence-corrected chi connectivity index (χ4v) is 2.39. The van der Waals surface area contributed by atoms with E-state index in [0.29, 0.717) is 17.2 Å². The highest BCUT2D eigenvalue weighted by molar-refractivity contribution is 6.02. The molecular weight excluding hydrogens is 330 g/mol. The average molecular weight is 349 g/mol. The molecule has 0 fully saturated rings. The van der Waals surface area contributed by atoms with Gasteiger partial charge >= 0.3 is 0 Å². The summed E-state index contributed by atoms with van der Waals surface area (Å²) in [6.45, 7) is 0. The SMILES string of the molecule is COc1ccc(OC)c(Nc2ccc(C(=O)Nc3ccccc3)nc2)c1. The Labute approximate surface area is 151 Å². The molecular formula is C20H19N3O3. The van der Waals surface area contributed by atoms with Crippen LogP contribution < -0.4 is 20.1 Å². The first-order chi connectivity index (χ1) is 12.7. The van der Waals surface area contributed by atoms with Crippen LogP contribution in [0.1, 0.15) is 10.5 Å². The first kappa shape index (κ1) is 17.3. The Morgan fingerprint density at radius 2 is 1.73 bits per heavy atom. The van der Waals surface area contributed by atoms with Gasteiger partial charge in [0.25, 0.3) is 5.91 Å². The van der Waals surface area contributed by atoms with Crippen LogP contribution in [0.25, 0.3) is 0 Å². The van der Waals surface area contributed by atoms with E-state index in [1.807, 2.05) is 48.5 Å². The third-order valence-corrected chi connectivity index (χ3v) is 3.71. The van der Waals surface area contributed by atoms with Crippen LogP contribution in [0, 0.1) is 0 Å². The molecule has 0 saturated carbocycles. The number of para-hydroxylation sites is 1. The van der Waals surface area contributed by atoms with Crippen molar-refractivity contribution in [2.24, 2.45) is 0 Å². The van der Waals surface area contributed by atoms with Crippen molar-refractivity contribution in [3.63, 3.8) is 0 Å². The minimum Gasteiger partial charge on any atom is -0.497 e. The van der Waals surface area contributed by atoms with E-state index < -0.39 is 0 Å². The van der Waals surface area contributed by atoms with Crippen LogP contribution >= 0.6 is 0 Å². The normalized spacial score (nSPS) is 10.1. The van der Waals surface area contributed by atoms with Crippen LogP contribution in [-0.2, 0) is 0 Å². The average Bonchev–Trinajstić information content (AvgIpc) is 2.69. The van der Waals surface area contributed by atoms with Gasteiger partial charge in [0.15, 0.2) is 0 Å². The van der Waals surface area contributed by atoms with Crippen molar-refractivity contribution in [1.82, 2.24) is 4.98 Å². The summed E-state index contributed by atoms with van der Waals surface area (Å²) in [5.41, 5.74) is 2.53. The van der Waals surface area contributed by atoms with Crippen LogP contribution in [0.4, 0.5) is 17.1 Å². The Balaban J connectivity index is 1.73. The summed E-state index contributed by atoms with van der Waals surface area (Å²) in [6, 6.07) is 18.2. The zero-order valence-corrected chi connectivity index (χ0v) is 14.5. The number of amides is 1. The number of rotatable bonds is 6. The number of hydrogen-bond acceptors (Lipinski definition) is 5. The summed E-state index contributed by atoms with van der Waals surface area (Å²) in [6.07, 6.45) is 1.60. The fraction of sp³-hybridized carbons (Fsp3) is 0.100. The number of nitrogens with zero attached hydrogens (tertiary/aromatic N) is 1. The van der Waals surface area contributed by atoms with Crippen molar-refractivity contribution in [3.8, 4) is 11.5 Å². The topological polar surface area (TPSA) is 72.5 Å². The molecule has 0 unspecified atom stereocenters. The predicted octanol–water partition coefficient (Wildman–Crippen LogP) is 4.09. The van der Waals surface area contributed by atoms with Crippen LogP contribution in [0.5, 0.6) is 11.5 Å². The second kappa shape index (κ2) is 8.02. The van der Waals surface area contributed by atoms with Gasteiger partial charge in [0.05, 0.1) is 31.8 Å². The molecule has 132 valence electrons. The molecule has 3 rings (SSSR count). The number of pyridine rings is 1. The summed E-state index contributed by atoms with van der Waals surface area (Å²) in [5.74, 6) is 1.12. The van der Waals surface area contributed by atoms with Crippen molar-refractivity contribution >= 4 is 23.0 Å². The summed E-state index contributed by atoms with van der Waals surface area (Å²) in [4.78, 5) is 16.5. The standard InChI is InChI=1S/C20H19N3O3/c1-25-16-9-11-19(26-2)18(12-16)22-15-8-10-17(21-13-15)20(24)23-14-6-4-3-5-7-14/h3-13,22H,1-2H3,(H,23,24). The van der Waals surface area contributed by atoms with Gasteiger partial charge in [-0.25, -0.2) is 4.98 Å². The maximum atomic E-state index is 12.2. The van der Waals surface area contributed by atoms with Gasteiger partial charge in [-0.1, -0.05) is 18.2 Å². The van der Waals surface area contributed by atoms with Gasteiger partial charge in [-0.2, -0.15) is 0 Å². The zero-order valence-electron chi connectivity index (χ0n) is 14.5. The monoisotopic (exact) mass is 349 g/mol. The highest BCUT2D eigenvalue weighted by Crippen LogP contribution is 2.31. The maximum Gasteiger partial charge on any atom is 0.274 e. The quantitative estimate of drug-likeness (QED) is 0.701. The molecule has 1 aromatic heterocycles. The summed E-state index contributed by atoms with van der Waals surface area (Å²) in [7, 11) is 3.20. The molecule has 2 aromatic carbocycles. The number of hydrogen-bond donors (Lipinski definition) is 2. The van der Waals surface area contributed by atoms with Gasteiger partial charge in [0.2, 0.25) is 0 Å². The molecule has 1 amide bonds. The van der Waals surface area contributed by atoms with E-state index in [4.69, 9.17) is 9.47 Å². The van der Waals surface area contributed by atoms with Gasteiger partial charge in [0.1, 0.15) is 17.2 Å². The number of methoxy groups -OCH3 is 2. The number of nitrogens with one attached hydrogen (secondary N) is 2. The van der Waals surface area contributed by atoms with E-state index in [0.717, 1.165) is 17.1 Å². The number of aromatic nitrogens is 1. The highest BCUT2D eigenvalue weighted by atomic mass is 16.5. The molecule has 0 aliphatic heterocycles. The van der Waals surface area contributed by atoms with E-state index in [9.17, 15) is 4.79 Å². The Morgan fingerprint density at radius 1 is 0.923 bits per heavy atom. The van der Waals surface area contributed by atoms with Gasteiger partial charge < -0.3 is 20.1 Å². The van der Waals surface area contributed by atoms with Gasteiger partial charge in [0, 0.05) is 11.8 Å². The Morgan fingerprint density at radius 3 is 2.38 bits per heavy atom. The minimum atomic E-state index is -0.262. The van der Waals surface area contributed by atoms with Crippen LogP contribution in [-0.4, -0.2) is 25.1 Å². The number of ether oxygens (including phenoxy) is 2. The second-order valence-electron chi connectivity index (χ2n) is 5.44. The van der Waals surface area contributed by atoms with E-state index in [2.05, 4.69) is 15.6 Å². The molecule has 0 bridgehead atoms. The lowest BCUT2D eigenvalue weighted by Crippen LogP contribution is -2.13. The first-order valence-electron chi connectivity index (χ1n) is 8.01. The van der Waals surface area contributed by atoms with Gasteiger partial charge in [-0.3, -0.25) is 4.79 Å². The van der Waals surface area contributed by atoms with Crippen molar-refractivity contribution in [2.75, 3.05) is 24.9 Å². The second-order valence-corrected chi connectivity index (χ2v) is 5.44. The Bertz CT molecular complexity index is 881. The molecule has 0 aliphatic rings. The van der Waals surface area contributed by atoms with E-state index >= 15 is 0 Å². The highest BCUT2D eigenvalue weighted by Gasteiger charge is 2.09. The number of anilines is 3. The van der Waals surface area contributed by atoms with Crippen LogP contribution in [0.15, 0.2) is 66.9 Å².